The van der Waals surface area contributed by atoms with Crippen LogP contribution in [0.4, 0.5) is 0 Å². The Morgan fingerprint density at radius 2 is 2.05 bits per heavy atom. The molecule has 6 nitrogen and oxygen atoms in total. The van der Waals surface area contributed by atoms with Gasteiger partial charge in [0.1, 0.15) is 5.82 Å². The van der Waals surface area contributed by atoms with E-state index in [2.05, 4.69) is 15.2 Å². The topological polar surface area (TPSA) is 86.0 Å². The van der Waals surface area contributed by atoms with Crippen molar-refractivity contribution in [3.05, 3.63) is 24.0 Å². The lowest BCUT2D eigenvalue weighted by molar-refractivity contribution is 0.311. The van der Waals surface area contributed by atoms with E-state index < -0.39 is 0 Å². The smallest absolute Gasteiger partial charge is 0.181 e. The third-order valence-electron chi connectivity index (χ3n) is 3.26. The quantitative estimate of drug-likeness (QED) is 0.853. The highest BCUT2D eigenvalue weighted by atomic mass is 16.5. The minimum Gasteiger partial charge on any atom is -0.493 e. The summed E-state index contributed by atoms with van der Waals surface area (Å²) in [6, 6.07) is 5.46. The molecule has 0 aliphatic heterocycles. The average molecular weight is 290 g/mol. The minimum atomic E-state index is -0.157. The first-order chi connectivity index (χ1) is 10.1. The van der Waals surface area contributed by atoms with Crippen LogP contribution in [0.3, 0.4) is 0 Å². The van der Waals surface area contributed by atoms with Gasteiger partial charge in [-0.3, -0.25) is 5.10 Å². The van der Waals surface area contributed by atoms with Gasteiger partial charge < -0.3 is 15.2 Å². The van der Waals surface area contributed by atoms with E-state index in [1.807, 2.05) is 39.0 Å². The zero-order chi connectivity index (χ0) is 15.4. The monoisotopic (exact) mass is 290 g/mol. The predicted octanol–water partition coefficient (Wildman–Crippen LogP) is 2.53. The van der Waals surface area contributed by atoms with Crippen LogP contribution in [0.5, 0.6) is 11.5 Å². The SMILES string of the molecule is CCOc1cc(-c2n[nH]c(C(N)C(C)C)n2)ccc1OC. The van der Waals surface area contributed by atoms with Crippen LogP contribution in [-0.2, 0) is 0 Å². The molecule has 3 N–H and O–H groups in total. The summed E-state index contributed by atoms with van der Waals surface area (Å²) in [6.07, 6.45) is 0. The first kappa shape index (κ1) is 15.3. The van der Waals surface area contributed by atoms with Crippen LogP contribution in [-0.4, -0.2) is 28.9 Å². The van der Waals surface area contributed by atoms with E-state index >= 15 is 0 Å². The number of H-pyrrole nitrogens is 1. The maximum absolute atomic E-state index is 6.07. The summed E-state index contributed by atoms with van der Waals surface area (Å²) in [4.78, 5) is 4.47. The van der Waals surface area contributed by atoms with Crippen molar-refractivity contribution in [3.8, 4) is 22.9 Å². The van der Waals surface area contributed by atoms with Gasteiger partial charge >= 0.3 is 0 Å². The molecular weight excluding hydrogens is 268 g/mol. The Morgan fingerprint density at radius 1 is 1.29 bits per heavy atom. The molecule has 6 heteroatoms. The van der Waals surface area contributed by atoms with E-state index in [1.165, 1.54) is 0 Å². The molecule has 2 rings (SSSR count). The van der Waals surface area contributed by atoms with Crippen LogP contribution >= 0.6 is 0 Å². The molecule has 114 valence electrons. The molecular formula is C15H22N4O2. The van der Waals surface area contributed by atoms with Gasteiger partial charge in [-0.05, 0) is 31.0 Å². The van der Waals surface area contributed by atoms with E-state index in [9.17, 15) is 0 Å². The van der Waals surface area contributed by atoms with Crippen molar-refractivity contribution >= 4 is 0 Å². The lowest BCUT2D eigenvalue weighted by Gasteiger charge is -2.11. The number of ether oxygens (including phenoxy) is 2. The molecule has 0 saturated heterocycles. The van der Waals surface area contributed by atoms with Crippen molar-refractivity contribution in [2.75, 3.05) is 13.7 Å². The molecule has 1 unspecified atom stereocenters. The maximum atomic E-state index is 6.07. The number of rotatable bonds is 6. The third kappa shape index (κ3) is 3.33. The van der Waals surface area contributed by atoms with Gasteiger partial charge in [-0.1, -0.05) is 13.8 Å². The van der Waals surface area contributed by atoms with E-state index in [-0.39, 0.29) is 6.04 Å². The normalized spacial score (nSPS) is 12.5. The fourth-order valence-electron chi connectivity index (χ4n) is 1.95. The molecule has 0 radical (unpaired) electrons. The van der Waals surface area contributed by atoms with Gasteiger partial charge in [-0.2, -0.15) is 5.10 Å². The molecule has 1 atom stereocenters. The Hall–Kier alpha value is -2.08. The van der Waals surface area contributed by atoms with E-state index in [4.69, 9.17) is 15.2 Å². The van der Waals surface area contributed by atoms with Gasteiger partial charge in [0, 0.05) is 5.56 Å². The number of nitrogens with two attached hydrogens (primary N) is 1. The van der Waals surface area contributed by atoms with Gasteiger partial charge in [0.25, 0.3) is 0 Å². The molecule has 0 aliphatic rings. The van der Waals surface area contributed by atoms with Crippen molar-refractivity contribution in [1.29, 1.82) is 0 Å². The fraction of sp³-hybridized carbons (Fsp3) is 0.467. The van der Waals surface area contributed by atoms with Gasteiger partial charge in [0.2, 0.25) is 0 Å². The van der Waals surface area contributed by atoms with Crippen molar-refractivity contribution in [3.63, 3.8) is 0 Å². The molecule has 0 fully saturated rings. The Kier molecular flexibility index (Phi) is 4.80. The Labute approximate surface area is 124 Å². The molecule has 0 saturated carbocycles. The van der Waals surface area contributed by atoms with Crippen molar-refractivity contribution in [1.82, 2.24) is 15.2 Å². The standard InChI is InChI=1S/C15H22N4O2/c1-5-21-12-8-10(6-7-11(12)20-4)14-17-15(19-18-14)13(16)9(2)3/h6-9,13H,5,16H2,1-4H3,(H,17,18,19). The fourth-order valence-corrected chi connectivity index (χ4v) is 1.95. The van der Waals surface area contributed by atoms with E-state index in [0.717, 1.165) is 5.56 Å². The highest BCUT2D eigenvalue weighted by Crippen LogP contribution is 2.31. The number of hydrogen-bond acceptors (Lipinski definition) is 5. The van der Waals surface area contributed by atoms with Crippen molar-refractivity contribution in [2.24, 2.45) is 11.7 Å². The molecule has 1 aromatic heterocycles. The van der Waals surface area contributed by atoms with E-state index in [0.29, 0.717) is 35.7 Å². The average Bonchev–Trinajstić information content (AvgIpc) is 2.96. The van der Waals surface area contributed by atoms with Crippen LogP contribution in [0, 0.1) is 5.92 Å². The lowest BCUT2D eigenvalue weighted by Crippen LogP contribution is -2.18. The first-order valence-electron chi connectivity index (χ1n) is 7.05. The number of aromatic nitrogens is 3. The van der Waals surface area contributed by atoms with Crippen LogP contribution in [0.2, 0.25) is 0 Å². The van der Waals surface area contributed by atoms with E-state index in [1.54, 1.807) is 7.11 Å². The summed E-state index contributed by atoms with van der Waals surface area (Å²) in [6.45, 7) is 6.59. The molecule has 0 bridgehead atoms. The largest absolute Gasteiger partial charge is 0.493 e. The minimum absolute atomic E-state index is 0.157. The molecule has 2 aromatic rings. The third-order valence-corrected chi connectivity index (χ3v) is 3.26. The Morgan fingerprint density at radius 3 is 2.67 bits per heavy atom. The highest BCUT2D eigenvalue weighted by molar-refractivity contribution is 5.60. The van der Waals surface area contributed by atoms with Crippen molar-refractivity contribution in [2.45, 2.75) is 26.8 Å². The lowest BCUT2D eigenvalue weighted by atomic mass is 10.1. The summed E-state index contributed by atoms with van der Waals surface area (Å²) >= 11 is 0. The number of aromatic amines is 1. The van der Waals surface area contributed by atoms with Gasteiger partial charge in [-0.25, -0.2) is 4.98 Å². The molecule has 0 spiro atoms. The maximum Gasteiger partial charge on any atom is 0.181 e. The summed E-state index contributed by atoms with van der Waals surface area (Å²) in [7, 11) is 1.62. The second kappa shape index (κ2) is 6.58. The second-order valence-corrected chi connectivity index (χ2v) is 5.11. The summed E-state index contributed by atoms with van der Waals surface area (Å²) in [5.74, 6) is 2.95. The van der Waals surface area contributed by atoms with Gasteiger partial charge in [0.05, 0.1) is 19.8 Å². The number of nitrogens with zero attached hydrogens (tertiary/aromatic N) is 2. The zero-order valence-corrected chi connectivity index (χ0v) is 12.9. The molecule has 0 amide bonds. The molecule has 21 heavy (non-hydrogen) atoms. The van der Waals surface area contributed by atoms with Crippen LogP contribution in [0.15, 0.2) is 18.2 Å². The summed E-state index contributed by atoms with van der Waals surface area (Å²) in [5.41, 5.74) is 6.93. The van der Waals surface area contributed by atoms with Crippen LogP contribution < -0.4 is 15.2 Å². The number of methoxy groups -OCH3 is 1. The predicted molar refractivity (Wildman–Crippen MR) is 81.3 cm³/mol. The number of benzene rings is 1. The zero-order valence-electron chi connectivity index (χ0n) is 12.9. The summed E-state index contributed by atoms with van der Waals surface area (Å²) < 4.78 is 10.8. The van der Waals surface area contributed by atoms with Crippen molar-refractivity contribution < 1.29 is 9.47 Å². The molecule has 1 heterocycles. The molecule has 1 aromatic carbocycles. The number of hydrogen-bond donors (Lipinski definition) is 2. The van der Waals surface area contributed by atoms with Gasteiger partial charge in [-0.15, -0.1) is 0 Å². The first-order valence-corrected chi connectivity index (χ1v) is 7.05. The second-order valence-electron chi connectivity index (χ2n) is 5.11. The van der Waals surface area contributed by atoms with Crippen LogP contribution in [0.1, 0.15) is 32.6 Å². The number of nitrogens with one attached hydrogen (secondary N) is 1. The van der Waals surface area contributed by atoms with Gasteiger partial charge in [0.15, 0.2) is 17.3 Å². The molecule has 0 aliphatic carbocycles. The van der Waals surface area contributed by atoms with Crippen LogP contribution in [0.25, 0.3) is 11.4 Å². The Balaban J connectivity index is 2.32. The summed E-state index contributed by atoms with van der Waals surface area (Å²) in [5, 5.41) is 7.14. The Bertz CT molecular complexity index is 595. The highest BCUT2D eigenvalue weighted by Gasteiger charge is 2.16.